The number of ether oxygens (including phenoxy) is 4. The van der Waals surface area contributed by atoms with E-state index in [1.807, 2.05) is 21.1 Å². The van der Waals surface area contributed by atoms with Crippen LogP contribution in [-0.4, -0.2) is 87.4 Å². The lowest BCUT2D eigenvalue weighted by molar-refractivity contribution is -0.870. The van der Waals surface area contributed by atoms with E-state index < -0.39 is 24.3 Å². The van der Waals surface area contributed by atoms with Gasteiger partial charge in [-0.2, -0.15) is 0 Å². The number of carboxylic acid groups (broad SMARTS) is 1. The Morgan fingerprint density at radius 3 is 1.31 bits per heavy atom. The smallest absolute Gasteiger partial charge is 0.361 e. The second-order valence-corrected chi connectivity index (χ2v) is 18.1. The fraction of sp³-hybridized carbons (Fsp3) is 0.696. The minimum atomic E-state index is -1.52. The number of carboxylic acids is 1. The highest BCUT2D eigenvalue weighted by molar-refractivity contribution is 5.71. The van der Waals surface area contributed by atoms with Gasteiger partial charge in [0.05, 0.1) is 34.4 Å². The highest BCUT2D eigenvalue weighted by Gasteiger charge is 2.25. The van der Waals surface area contributed by atoms with Crippen molar-refractivity contribution in [1.82, 2.24) is 0 Å². The quantitative estimate of drug-likeness (QED) is 0.0211. The van der Waals surface area contributed by atoms with E-state index in [-0.39, 0.29) is 38.6 Å². The van der Waals surface area contributed by atoms with Crippen LogP contribution in [0.4, 0.5) is 0 Å². The van der Waals surface area contributed by atoms with Gasteiger partial charge in [0.1, 0.15) is 13.2 Å². The molecule has 0 aliphatic rings. The largest absolute Gasteiger partial charge is 0.477 e. The zero-order chi connectivity index (χ0) is 47.7. The number of nitrogens with zero attached hydrogens (tertiary/aromatic N) is 1. The molecule has 0 fully saturated rings. The van der Waals surface area contributed by atoms with Gasteiger partial charge in [-0.3, -0.25) is 9.59 Å². The summed E-state index contributed by atoms with van der Waals surface area (Å²) in [6.45, 7) is 4.70. The van der Waals surface area contributed by atoms with Crippen molar-refractivity contribution in [1.29, 1.82) is 0 Å². The molecule has 9 nitrogen and oxygen atoms in total. The molecular weight excluding hydrogens is 815 g/mol. The van der Waals surface area contributed by atoms with Gasteiger partial charge >= 0.3 is 17.9 Å². The van der Waals surface area contributed by atoms with Crippen LogP contribution in [0.1, 0.15) is 194 Å². The van der Waals surface area contributed by atoms with E-state index in [9.17, 15) is 19.5 Å². The van der Waals surface area contributed by atoms with E-state index >= 15 is 0 Å². The number of hydrogen-bond acceptors (Lipinski definition) is 7. The molecule has 1 N–H and O–H groups in total. The number of carbonyl (C=O) groups is 3. The molecule has 0 radical (unpaired) electrons. The number of allylic oxidation sites excluding steroid dienone is 14. The number of rotatable bonds is 46. The second-order valence-electron chi connectivity index (χ2n) is 18.1. The van der Waals surface area contributed by atoms with Gasteiger partial charge in [0.25, 0.3) is 6.29 Å². The van der Waals surface area contributed by atoms with Gasteiger partial charge in [0, 0.05) is 12.8 Å². The zero-order valence-corrected chi connectivity index (χ0v) is 42.1. The van der Waals surface area contributed by atoms with Crippen LogP contribution in [0.25, 0.3) is 0 Å². The Balaban J connectivity index is 4.39. The standard InChI is InChI=1S/C56H95NO8/c1-6-8-10-12-14-16-18-20-22-24-25-26-27-28-29-31-32-34-36-38-40-42-44-46-53(58)63-50-52(51-64-56(55(60)61)62-49-48-57(3,4)5)65-54(59)47-45-43-41-39-37-35-33-30-23-21-19-17-15-13-11-9-7-2/h9,11,15,17-18,20-21,23-25,27-28,33,35,52,56H,6-8,10,12-14,16,19,22,26,29-32,34,36-51H2,1-5H3/p+1/b11-9-,17-15-,20-18-,23-21-,25-24-,28-27-,35-33-. The Morgan fingerprint density at radius 1 is 0.477 bits per heavy atom. The van der Waals surface area contributed by atoms with Gasteiger partial charge in [0.15, 0.2) is 6.10 Å². The summed E-state index contributed by atoms with van der Waals surface area (Å²) in [5.41, 5.74) is 0. The molecule has 2 atom stereocenters. The van der Waals surface area contributed by atoms with Gasteiger partial charge in [-0.25, -0.2) is 4.79 Å². The van der Waals surface area contributed by atoms with Crippen molar-refractivity contribution in [2.24, 2.45) is 0 Å². The monoisotopic (exact) mass is 911 g/mol. The minimum Gasteiger partial charge on any atom is -0.477 e. The lowest BCUT2D eigenvalue weighted by atomic mass is 10.1. The van der Waals surface area contributed by atoms with Gasteiger partial charge < -0.3 is 28.5 Å². The zero-order valence-electron chi connectivity index (χ0n) is 42.1. The first-order valence-corrected chi connectivity index (χ1v) is 25.8. The summed E-state index contributed by atoms with van der Waals surface area (Å²) in [5.74, 6) is -2.06. The van der Waals surface area contributed by atoms with E-state index in [4.69, 9.17) is 18.9 Å². The molecule has 0 aromatic heterocycles. The van der Waals surface area contributed by atoms with Crippen molar-refractivity contribution in [3.05, 3.63) is 85.1 Å². The van der Waals surface area contributed by atoms with Crippen molar-refractivity contribution >= 4 is 17.9 Å². The summed E-state index contributed by atoms with van der Waals surface area (Å²) in [6, 6.07) is 0. The first kappa shape index (κ1) is 61.5. The molecule has 0 bridgehead atoms. The maximum Gasteiger partial charge on any atom is 0.361 e. The van der Waals surface area contributed by atoms with Crippen molar-refractivity contribution in [2.75, 3.05) is 47.5 Å². The number of carbonyl (C=O) groups excluding carboxylic acids is 2. The van der Waals surface area contributed by atoms with E-state index in [1.54, 1.807) is 0 Å². The molecule has 2 unspecified atom stereocenters. The van der Waals surface area contributed by atoms with Crippen LogP contribution >= 0.6 is 0 Å². The fourth-order valence-electron chi connectivity index (χ4n) is 6.66. The molecule has 0 heterocycles. The summed E-state index contributed by atoms with van der Waals surface area (Å²) in [7, 11) is 5.94. The molecule has 65 heavy (non-hydrogen) atoms. The SMILES string of the molecule is CC/C=C\C/C=C\C/C=C\C/C=C\CCCCCCC(=O)OC(COC(=O)CCCCCCCCCC/C=C\C/C=C\C/C=C\CCCCCCC)COC(OCC[N+](C)(C)C)C(=O)O. The lowest BCUT2D eigenvalue weighted by Gasteiger charge is -2.25. The van der Waals surface area contributed by atoms with Crippen molar-refractivity contribution < 1.29 is 42.9 Å². The van der Waals surface area contributed by atoms with E-state index in [2.05, 4.69) is 98.9 Å². The van der Waals surface area contributed by atoms with Crippen LogP contribution in [0.3, 0.4) is 0 Å². The van der Waals surface area contributed by atoms with E-state index in [1.165, 1.54) is 64.2 Å². The molecule has 0 aliphatic carbocycles. The number of hydrogen-bond donors (Lipinski definition) is 1. The summed E-state index contributed by atoms with van der Waals surface area (Å²) >= 11 is 0. The number of quaternary nitrogens is 1. The third-order valence-electron chi connectivity index (χ3n) is 10.6. The molecule has 0 aromatic rings. The van der Waals surface area contributed by atoms with Crippen molar-refractivity contribution in [2.45, 2.75) is 206 Å². The number of esters is 2. The maximum absolute atomic E-state index is 12.8. The predicted molar refractivity (Wildman–Crippen MR) is 272 cm³/mol. The molecule has 372 valence electrons. The normalized spacial score (nSPS) is 13.6. The molecule has 0 saturated carbocycles. The average Bonchev–Trinajstić information content (AvgIpc) is 3.27. The summed E-state index contributed by atoms with van der Waals surface area (Å²) in [6.07, 6.45) is 57.9. The molecule has 0 rings (SSSR count). The van der Waals surface area contributed by atoms with Crippen molar-refractivity contribution in [3.8, 4) is 0 Å². The second kappa shape index (κ2) is 47.0. The van der Waals surface area contributed by atoms with Crippen molar-refractivity contribution in [3.63, 3.8) is 0 Å². The Kier molecular flexibility index (Phi) is 44.4. The van der Waals surface area contributed by atoms with Crippen LogP contribution < -0.4 is 0 Å². The van der Waals surface area contributed by atoms with Gasteiger partial charge in [-0.1, -0.05) is 176 Å². The minimum absolute atomic E-state index is 0.177. The molecule has 0 amide bonds. The molecule has 0 aromatic carbocycles. The van der Waals surface area contributed by atoms with Crippen LogP contribution in [0.5, 0.6) is 0 Å². The first-order chi connectivity index (χ1) is 31.6. The van der Waals surface area contributed by atoms with Gasteiger partial charge in [0.2, 0.25) is 0 Å². The predicted octanol–water partition coefficient (Wildman–Crippen LogP) is 14.4. The summed E-state index contributed by atoms with van der Waals surface area (Å²) < 4.78 is 22.8. The Hall–Kier alpha value is -3.53. The topological polar surface area (TPSA) is 108 Å². The highest BCUT2D eigenvalue weighted by Crippen LogP contribution is 2.13. The number of unbranched alkanes of at least 4 members (excludes halogenated alkanes) is 17. The summed E-state index contributed by atoms with van der Waals surface area (Å²) in [4.78, 5) is 37.3. The third kappa shape index (κ3) is 48.2. The highest BCUT2D eigenvalue weighted by atomic mass is 16.7. The maximum atomic E-state index is 12.8. The molecule has 9 heteroatoms. The molecular formula is C56H96NO8+. The fourth-order valence-corrected chi connectivity index (χ4v) is 6.66. The van der Waals surface area contributed by atoms with Gasteiger partial charge in [-0.05, 0) is 89.9 Å². The number of aliphatic carboxylic acids is 1. The van der Waals surface area contributed by atoms with E-state index in [0.717, 1.165) is 96.3 Å². The van der Waals surface area contributed by atoms with Crippen LogP contribution in [0.15, 0.2) is 85.1 Å². The van der Waals surface area contributed by atoms with Crippen LogP contribution in [0.2, 0.25) is 0 Å². The number of likely N-dealkylation sites (N-methyl/N-ethyl adjacent to an activating group) is 1. The Morgan fingerprint density at radius 2 is 0.877 bits per heavy atom. The molecule has 0 aliphatic heterocycles. The lowest BCUT2D eigenvalue weighted by Crippen LogP contribution is -2.40. The first-order valence-electron chi connectivity index (χ1n) is 25.8. The van der Waals surface area contributed by atoms with E-state index in [0.29, 0.717) is 17.4 Å². The molecule has 0 spiro atoms. The van der Waals surface area contributed by atoms with Gasteiger partial charge in [-0.15, -0.1) is 0 Å². The summed E-state index contributed by atoms with van der Waals surface area (Å²) in [5, 5.41) is 9.67. The van der Waals surface area contributed by atoms with Crippen LogP contribution in [-0.2, 0) is 33.3 Å². The third-order valence-corrected chi connectivity index (χ3v) is 10.6. The average molecular weight is 911 g/mol. The van der Waals surface area contributed by atoms with Crippen LogP contribution in [0, 0.1) is 0 Å². The Labute approximate surface area is 398 Å². The Bertz CT molecular complexity index is 1340. The molecule has 0 saturated heterocycles.